The molecule has 1 heterocycles. The molecule has 0 aliphatic carbocycles. The standard InChI is InChI=1S/C10H19N5O3S/c1-4-18-10-14-8(11-3)13-9(15-10)12-6-7-19(16,17)5-2/h4-7H2,1-3H3,(H2,11,12,13,14,15). The van der Waals surface area contributed by atoms with E-state index in [1.165, 1.54) is 0 Å². The van der Waals surface area contributed by atoms with Gasteiger partial charge in [-0.15, -0.1) is 0 Å². The summed E-state index contributed by atoms with van der Waals surface area (Å²) in [5.74, 6) is 0.805. The molecule has 0 saturated heterocycles. The lowest BCUT2D eigenvalue weighted by Crippen LogP contribution is -2.18. The van der Waals surface area contributed by atoms with Crippen molar-refractivity contribution in [2.45, 2.75) is 13.8 Å². The summed E-state index contributed by atoms with van der Waals surface area (Å²) < 4.78 is 27.9. The quantitative estimate of drug-likeness (QED) is 0.697. The fourth-order valence-electron chi connectivity index (χ4n) is 1.20. The molecule has 0 unspecified atom stereocenters. The maximum atomic E-state index is 11.4. The topological polar surface area (TPSA) is 106 Å². The Morgan fingerprint density at radius 2 is 1.84 bits per heavy atom. The van der Waals surface area contributed by atoms with Crippen LogP contribution in [-0.2, 0) is 9.84 Å². The van der Waals surface area contributed by atoms with Crippen LogP contribution >= 0.6 is 0 Å². The lowest BCUT2D eigenvalue weighted by molar-refractivity contribution is 0.312. The summed E-state index contributed by atoms with van der Waals surface area (Å²) in [5, 5.41) is 5.63. The highest BCUT2D eigenvalue weighted by atomic mass is 32.2. The molecule has 19 heavy (non-hydrogen) atoms. The smallest absolute Gasteiger partial charge is 0.323 e. The summed E-state index contributed by atoms with van der Waals surface area (Å²) in [6.45, 7) is 4.13. The molecule has 0 atom stereocenters. The predicted molar refractivity (Wildman–Crippen MR) is 73.4 cm³/mol. The van der Waals surface area contributed by atoms with E-state index in [0.29, 0.717) is 12.6 Å². The minimum atomic E-state index is -3.01. The normalized spacial score (nSPS) is 11.1. The Labute approximate surface area is 112 Å². The van der Waals surface area contributed by atoms with Crippen LogP contribution < -0.4 is 15.4 Å². The van der Waals surface area contributed by atoms with Crippen LogP contribution in [0, 0.1) is 0 Å². The van der Waals surface area contributed by atoms with Crippen molar-refractivity contribution < 1.29 is 13.2 Å². The number of sulfone groups is 1. The molecular formula is C10H19N5O3S. The van der Waals surface area contributed by atoms with E-state index in [4.69, 9.17) is 4.74 Å². The van der Waals surface area contributed by atoms with Crippen molar-refractivity contribution in [3.8, 4) is 6.01 Å². The Bertz CT molecular complexity index is 506. The zero-order valence-electron chi connectivity index (χ0n) is 11.3. The van der Waals surface area contributed by atoms with Crippen LogP contribution in [0.1, 0.15) is 13.8 Å². The Kier molecular flexibility index (Phi) is 5.74. The van der Waals surface area contributed by atoms with Gasteiger partial charge in [-0.1, -0.05) is 6.92 Å². The van der Waals surface area contributed by atoms with E-state index in [1.807, 2.05) is 6.92 Å². The summed E-state index contributed by atoms with van der Waals surface area (Å²) >= 11 is 0. The van der Waals surface area contributed by atoms with Gasteiger partial charge in [-0.05, 0) is 6.92 Å². The highest BCUT2D eigenvalue weighted by molar-refractivity contribution is 7.91. The van der Waals surface area contributed by atoms with Gasteiger partial charge in [0.25, 0.3) is 0 Å². The van der Waals surface area contributed by atoms with Crippen molar-refractivity contribution in [1.29, 1.82) is 0 Å². The molecule has 0 aliphatic heterocycles. The van der Waals surface area contributed by atoms with E-state index in [-0.39, 0.29) is 30.0 Å². The van der Waals surface area contributed by atoms with Crippen LogP contribution in [0.3, 0.4) is 0 Å². The number of nitrogens with one attached hydrogen (secondary N) is 2. The molecule has 9 heteroatoms. The minimum absolute atomic E-state index is 0.0358. The van der Waals surface area contributed by atoms with Gasteiger partial charge in [0.05, 0.1) is 12.4 Å². The molecule has 0 fully saturated rings. The number of anilines is 2. The van der Waals surface area contributed by atoms with Crippen molar-refractivity contribution >= 4 is 21.7 Å². The van der Waals surface area contributed by atoms with Gasteiger partial charge in [0.1, 0.15) is 0 Å². The van der Waals surface area contributed by atoms with Gasteiger partial charge in [0, 0.05) is 19.3 Å². The maximum absolute atomic E-state index is 11.4. The highest BCUT2D eigenvalue weighted by Crippen LogP contribution is 2.10. The molecule has 2 N–H and O–H groups in total. The molecule has 0 radical (unpaired) electrons. The van der Waals surface area contributed by atoms with E-state index >= 15 is 0 Å². The number of nitrogens with zero attached hydrogens (tertiary/aromatic N) is 3. The molecule has 1 aromatic rings. The molecule has 0 aliphatic rings. The summed E-state index contributed by atoms with van der Waals surface area (Å²) in [5.41, 5.74) is 0. The Morgan fingerprint density at radius 1 is 1.16 bits per heavy atom. The molecule has 0 saturated carbocycles. The fraction of sp³-hybridized carbons (Fsp3) is 0.700. The number of hydrogen-bond donors (Lipinski definition) is 2. The Hall–Kier alpha value is -1.64. The third kappa shape index (κ3) is 5.25. The number of ether oxygens (including phenoxy) is 1. The third-order valence-electron chi connectivity index (χ3n) is 2.25. The molecule has 0 aromatic carbocycles. The van der Waals surface area contributed by atoms with Gasteiger partial charge in [-0.3, -0.25) is 0 Å². The zero-order valence-corrected chi connectivity index (χ0v) is 12.1. The van der Waals surface area contributed by atoms with Crippen LogP contribution in [0.5, 0.6) is 6.01 Å². The van der Waals surface area contributed by atoms with E-state index in [2.05, 4.69) is 25.6 Å². The molecule has 108 valence electrons. The second kappa shape index (κ2) is 7.07. The van der Waals surface area contributed by atoms with Gasteiger partial charge in [0.15, 0.2) is 9.84 Å². The monoisotopic (exact) mass is 289 g/mol. The molecule has 0 spiro atoms. The number of aromatic nitrogens is 3. The van der Waals surface area contributed by atoms with Gasteiger partial charge in [-0.2, -0.15) is 15.0 Å². The van der Waals surface area contributed by atoms with Gasteiger partial charge in [-0.25, -0.2) is 8.42 Å². The summed E-state index contributed by atoms with van der Waals surface area (Å²) in [6, 6.07) is 0.197. The molecule has 0 bridgehead atoms. The largest absolute Gasteiger partial charge is 0.464 e. The Balaban J connectivity index is 2.69. The third-order valence-corrected chi connectivity index (χ3v) is 3.95. The van der Waals surface area contributed by atoms with E-state index in [9.17, 15) is 8.42 Å². The first kappa shape index (κ1) is 15.4. The molecule has 0 amide bonds. The summed E-state index contributed by atoms with van der Waals surface area (Å²) in [7, 11) is -1.33. The summed E-state index contributed by atoms with van der Waals surface area (Å²) in [6.07, 6.45) is 0. The summed E-state index contributed by atoms with van der Waals surface area (Å²) in [4.78, 5) is 12.1. The second-order valence-corrected chi connectivity index (χ2v) is 6.08. The average Bonchev–Trinajstić information content (AvgIpc) is 2.38. The van der Waals surface area contributed by atoms with Crippen LogP contribution in [0.15, 0.2) is 0 Å². The highest BCUT2D eigenvalue weighted by Gasteiger charge is 2.09. The van der Waals surface area contributed by atoms with Crippen LogP contribution in [0.2, 0.25) is 0 Å². The van der Waals surface area contributed by atoms with Gasteiger partial charge < -0.3 is 15.4 Å². The van der Waals surface area contributed by atoms with Crippen molar-refractivity contribution in [3.05, 3.63) is 0 Å². The van der Waals surface area contributed by atoms with E-state index < -0.39 is 9.84 Å². The lowest BCUT2D eigenvalue weighted by atomic mass is 10.7. The number of rotatable bonds is 8. The van der Waals surface area contributed by atoms with Crippen molar-refractivity contribution in [1.82, 2.24) is 15.0 Å². The first-order chi connectivity index (χ1) is 9.00. The molecule has 1 rings (SSSR count). The minimum Gasteiger partial charge on any atom is -0.464 e. The van der Waals surface area contributed by atoms with Crippen molar-refractivity contribution in [2.75, 3.05) is 42.3 Å². The van der Waals surface area contributed by atoms with Crippen LogP contribution in [0.25, 0.3) is 0 Å². The zero-order chi connectivity index (χ0) is 14.3. The molecule has 1 aromatic heterocycles. The van der Waals surface area contributed by atoms with Gasteiger partial charge in [0.2, 0.25) is 11.9 Å². The first-order valence-electron chi connectivity index (χ1n) is 6.01. The fourth-order valence-corrected chi connectivity index (χ4v) is 1.91. The van der Waals surface area contributed by atoms with Gasteiger partial charge >= 0.3 is 6.01 Å². The van der Waals surface area contributed by atoms with E-state index in [0.717, 1.165) is 0 Å². The van der Waals surface area contributed by atoms with Crippen LogP contribution in [-0.4, -0.2) is 55.1 Å². The predicted octanol–water partition coefficient (Wildman–Crippen LogP) is 0.159. The SMILES string of the molecule is CCOc1nc(NC)nc(NCCS(=O)(=O)CC)n1. The molecular weight excluding hydrogens is 270 g/mol. The Morgan fingerprint density at radius 3 is 2.42 bits per heavy atom. The maximum Gasteiger partial charge on any atom is 0.323 e. The lowest BCUT2D eigenvalue weighted by Gasteiger charge is -2.08. The first-order valence-corrected chi connectivity index (χ1v) is 7.83. The average molecular weight is 289 g/mol. The second-order valence-electron chi connectivity index (χ2n) is 3.61. The van der Waals surface area contributed by atoms with E-state index in [1.54, 1.807) is 14.0 Å². The number of hydrogen-bond acceptors (Lipinski definition) is 8. The van der Waals surface area contributed by atoms with Crippen molar-refractivity contribution in [2.24, 2.45) is 0 Å². The van der Waals surface area contributed by atoms with Crippen molar-refractivity contribution in [3.63, 3.8) is 0 Å². The molecule has 8 nitrogen and oxygen atoms in total. The van der Waals surface area contributed by atoms with Crippen LogP contribution in [0.4, 0.5) is 11.9 Å².